The SMILES string of the molecule is CN1CCC[C@H]1C1=Nc2ccc(-c3ccc(-c4ccc5nc([C@@H]6CCCN6C(=O)OC(C)(C)C)[nH]c5c4)cc3)cc2C1. The molecule has 7 heteroatoms. The zero-order chi connectivity index (χ0) is 29.0. The molecular weight excluding hydrogens is 522 g/mol. The van der Waals surface area contributed by atoms with E-state index in [1.807, 2.05) is 25.7 Å². The molecule has 216 valence electrons. The first kappa shape index (κ1) is 26.9. The van der Waals surface area contributed by atoms with Crippen LogP contribution in [0.5, 0.6) is 0 Å². The summed E-state index contributed by atoms with van der Waals surface area (Å²) in [6, 6.07) is 22.2. The molecule has 7 rings (SSSR count). The lowest BCUT2D eigenvalue weighted by Gasteiger charge is -2.27. The van der Waals surface area contributed by atoms with E-state index in [2.05, 4.69) is 77.6 Å². The third-order valence-corrected chi connectivity index (χ3v) is 8.87. The van der Waals surface area contributed by atoms with Crippen LogP contribution < -0.4 is 0 Å². The molecule has 3 aliphatic rings. The van der Waals surface area contributed by atoms with Gasteiger partial charge in [0.15, 0.2) is 0 Å². The largest absolute Gasteiger partial charge is 0.444 e. The first-order valence-electron chi connectivity index (χ1n) is 15.2. The number of carbonyl (C=O) groups is 1. The average molecular weight is 562 g/mol. The number of amides is 1. The molecule has 1 aromatic heterocycles. The number of likely N-dealkylation sites (tertiary alicyclic amines) is 2. The normalized spacial score (nSPS) is 20.8. The Hall–Kier alpha value is -3.97. The van der Waals surface area contributed by atoms with Crippen LogP contribution in [-0.4, -0.2) is 63.4 Å². The quantitative estimate of drug-likeness (QED) is 0.277. The second-order valence-electron chi connectivity index (χ2n) is 13.0. The number of carbonyl (C=O) groups excluding carboxylic acids is 1. The van der Waals surface area contributed by atoms with Crippen molar-refractivity contribution in [3.05, 3.63) is 72.1 Å². The van der Waals surface area contributed by atoms with Crippen molar-refractivity contribution in [2.24, 2.45) is 4.99 Å². The van der Waals surface area contributed by atoms with Gasteiger partial charge < -0.3 is 9.72 Å². The molecule has 1 amide bonds. The molecule has 3 aliphatic heterocycles. The van der Waals surface area contributed by atoms with Crippen LogP contribution in [-0.2, 0) is 11.2 Å². The summed E-state index contributed by atoms with van der Waals surface area (Å²) in [7, 11) is 2.22. The Labute approximate surface area is 247 Å². The van der Waals surface area contributed by atoms with E-state index < -0.39 is 5.60 Å². The summed E-state index contributed by atoms with van der Waals surface area (Å²) in [5.41, 5.74) is 9.88. The Morgan fingerprint density at radius 3 is 2.26 bits per heavy atom. The lowest BCUT2D eigenvalue weighted by molar-refractivity contribution is 0.0219. The Morgan fingerprint density at radius 2 is 1.55 bits per heavy atom. The first-order valence-corrected chi connectivity index (χ1v) is 15.2. The number of hydrogen-bond donors (Lipinski definition) is 1. The van der Waals surface area contributed by atoms with Gasteiger partial charge in [-0.1, -0.05) is 36.4 Å². The van der Waals surface area contributed by atoms with Crippen molar-refractivity contribution in [1.82, 2.24) is 19.8 Å². The number of aromatic amines is 1. The van der Waals surface area contributed by atoms with Gasteiger partial charge in [0.2, 0.25) is 0 Å². The highest BCUT2D eigenvalue weighted by Gasteiger charge is 2.35. The van der Waals surface area contributed by atoms with E-state index in [1.54, 1.807) is 0 Å². The predicted molar refractivity (Wildman–Crippen MR) is 168 cm³/mol. The molecule has 0 aliphatic carbocycles. The third kappa shape index (κ3) is 5.11. The molecule has 4 heterocycles. The molecular formula is C35H39N5O2. The summed E-state index contributed by atoms with van der Waals surface area (Å²) < 4.78 is 5.66. The van der Waals surface area contributed by atoms with E-state index in [4.69, 9.17) is 14.7 Å². The van der Waals surface area contributed by atoms with Crippen LogP contribution >= 0.6 is 0 Å². The number of aromatic nitrogens is 2. The Kier molecular flexibility index (Phi) is 6.65. The zero-order valence-corrected chi connectivity index (χ0v) is 25.0. The maximum Gasteiger partial charge on any atom is 0.410 e. The van der Waals surface area contributed by atoms with E-state index >= 15 is 0 Å². The molecule has 3 aromatic carbocycles. The molecule has 42 heavy (non-hydrogen) atoms. The zero-order valence-electron chi connectivity index (χ0n) is 25.0. The number of imidazole rings is 1. The molecule has 0 unspecified atom stereocenters. The van der Waals surface area contributed by atoms with E-state index in [1.165, 1.54) is 41.8 Å². The summed E-state index contributed by atoms with van der Waals surface area (Å²) >= 11 is 0. The number of hydrogen-bond acceptors (Lipinski definition) is 5. The minimum absolute atomic E-state index is 0.0946. The van der Waals surface area contributed by atoms with Crippen molar-refractivity contribution in [2.75, 3.05) is 20.1 Å². The van der Waals surface area contributed by atoms with Crippen LogP contribution in [0.15, 0.2) is 65.7 Å². The molecule has 0 saturated carbocycles. The topological polar surface area (TPSA) is 73.8 Å². The fourth-order valence-corrected chi connectivity index (χ4v) is 6.74. The van der Waals surface area contributed by atoms with Crippen LogP contribution in [0, 0.1) is 0 Å². The van der Waals surface area contributed by atoms with Crippen LogP contribution in [0.25, 0.3) is 33.3 Å². The molecule has 2 atom stereocenters. The molecule has 4 aromatic rings. The fraction of sp³-hybridized carbons (Fsp3) is 0.400. The third-order valence-electron chi connectivity index (χ3n) is 8.87. The van der Waals surface area contributed by atoms with Crippen molar-refractivity contribution in [3.8, 4) is 22.3 Å². The standard InChI is InChI=1S/C35H39N5O2/c1-35(2,3)42-34(41)40-18-6-8-32(40)33-37-28-16-14-25(20-29(28)38-33)23-11-9-22(10-12-23)24-13-15-27-26(19-24)21-30(36-27)31-7-5-17-39(31)4/h9-16,19-20,31-32H,5-8,17-18,21H2,1-4H3,(H,37,38)/t31-,32-/m0/s1. The second kappa shape index (κ2) is 10.4. The van der Waals surface area contributed by atoms with Crippen LogP contribution in [0.1, 0.15) is 63.9 Å². The van der Waals surface area contributed by atoms with Crippen LogP contribution in [0.4, 0.5) is 10.5 Å². The maximum absolute atomic E-state index is 12.8. The Morgan fingerprint density at radius 1 is 0.881 bits per heavy atom. The summed E-state index contributed by atoms with van der Waals surface area (Å²) in [4.78, 5) is 30.4. The molecule has 0 spiro atoms. The van der Waals surface area contributed by atoms with Gasteiger partial charge in [-0.05, 0) is 112 Å². The minimum atomic E-state index is -0.521. The van der Waals surface area contributed by atoms with Crippen LogP contribution in [0.2, 0.25) is 0 Å². The number of benzene rings is 3. The average Bonchev–Trinajstić information content (AvgIpc) is 3.76. The highest BCUT2D eigenvalue weighted by atomic mass is 16.6. The van der Waals surface area contributed by atoms with Crippen molar-refractivity contribution in [2.45, 2.75) is 70.6 Å². The molecule has 0 radical (unpaired) electrons. The summed E-state index contributed by atoms with van der Waals surface area (Å²) in [5, 5.41) is 0. The Bertz CT molecular complexity index is 1680. The van der Waals surface area contributed by atoms with Crippen LogP contribution in [0.3, 0.4) is 0 Å². The summed E-state index contributed by atoms with van der Waals surface area (Å²) in [6.45, 7) is 7.55. The number of aliphatic imine (C=N–C) groups is 1. The van der Waals surface area contributed by atoms with Gasteiger partial charge >= 0.3 is 6.09 Å². The van der Waals surface area contributed by atoms with E-state index in [0.717, 1.165) is 52.9 Å². The van der Waals surface area contributed by atoms with Gasteiger partial charge in [-0.2, -0.15) is 0 Å². The fourth-order valence-electron chi connectivity index (χ4n) is 6.74. The lowest BCUT2D eigenvalue weighted by Crippen LogP contribution is -2.36. The van der Waals surface area contributed by atoms with Gasteiger partial charge in [0.1, 0.15) is 11.4 Å². The lowest BCUT2D eigenvalue weighted by atomic mass is 9.97. The van der Waals surface area contributed by atoms with Gasteiger partial charge in [-0.15, -0.1) is 0 Å². The highest BCUT2D eigenvalue weighted by molar-refractivity contribution is 5.98. The number of ether oxygens (including phenoxy) is 1. The number of nitrogens with zero attached hydrogens (tertiary/aromatic N) is 4. The van der Waals surface area contributed by atoms with Gasteiger partial charge in [-0.3, -0.25) is 14.8 Å². The smallest absolute Gasteiger partial charge is 0.410 e. The van der Waals surface area contributed by atoms with E-state index in [0.29, 0.717) is 12.6 Å². The molecule has 7 nitrogen and oxygen atoms in total. The molecule has 0 bridgehead atoms. The van der Waals surface area contributed by atoms with Gasteiger partial charge in [0.05, 0.1) is 22.8 Å². The van der Waals surface area contributed by atoms with Crippen molar-refractivity contribution in [3.63, 3.8) is 0 Å². The van der Waals surface area contributed by atoms with Crippen molar-refractivity contribution >= 4 is 28.5 Å². The molecule has 1 N–H and O–H groups in total. The predicted octanol–water partition coefficient (Wildman–Crippen LogP) is 7.69. The summed E-state index contributed by atoms with van der Waals surface area (Å²) in [5.74, 6) is 0.823. The maximum atomic E-state index is 12.8. The Balaban J connectivity index is 1.08. The van der Waals surface area contributed by atoms with Crippen molar-refractivity contribution < 1.29 is 9.53 Å². The first-order chi connectivity index (χ1) is 20.2. The second-order valence-corrected chi connectivity index (χ2v) is 13.0. The molecule has 2 fully saturated rings. The van der Waals surface area contributed by atoms with Crippen molar-refractivity contribution in [1.29, 1.82) is 0 Å². The number of nitrogens with one attached hydrogen (secondary N) is 1. The number of rotatable bonds is 4. The molecule has 2 saturated heterocycles. The van der Waals surface area contributed by atoms with Gasteiger partial charge in [0, 0.05) is 24.7 Å². The number of H-pyrrole nitrogens is 1. The minimum Gasteiger partial charge on any atom is -0.444 e. The van der Waals surface area contributed by atoms with Gasteiger partial charge in [0.25, 0.3) is 0 Å². The highest BCUT2D eigenvalue weighted by Crippen LogP contribution is 2.36. The summed E-state index contributed by atoms with van der Waals surface area (Å²) in [6.07, 6.45) is 4.97. The van der Waals surface area contributed by atoms with E-state index in [-0.39, 0.29) is 12.1 Å². The van der Waals surface area contributed by atoms with Gasteiger partial charge in [-0.25, -0.2) is 9.78 Å². The van der Waals surface area contributed by atoms with E-state index in [9.17, 15) is 4.79 Å². The monoisotopic (exact) mass is 561 g/mol. The number of fused-ring (bicyclic) bond motifs is 2.